The Labute approximate surface area is 120 Å². The summed E-state index contributed by atoms with van der Waals surface area (Å²) in [5, 5.41) is 3.16. The van der Waals surface area contributed by atoms with Gasteiger partial charge in [0.15, 0.2) is 0 Å². The summed E-state index contributed by atoms with van der Waals surface area (Å²) in [6, 6.07) is 0. The van der Waals surface area contributed by atoms with Crippen LogP contribution in [-0.2, 0) is 5.41 Å². The maximum Gasteiger partial charge on any atom is 0.113 e. The Hall–Kier alpha value is -1.53. The minimum absolute atomic E-state index is 0.0384. The van der Waals surface area contributed by atoms with E-state index in [9.17, 15) is 0 Å². The molecular weight excluding hydrogens is 252 g/mol. The van der Waals surface area contributed by atoms with Gasteiger partial charge in [0.1, 0.15) is 5.84 Å². The highest BCUT2D eigenvalue weighted by molar-refractivity contribution is 5.84. The van der Waals surface area contributed by atoms with Crippen molar-refractivity contribution in [1.82, 2.24) is 20.2 Å². The summed E-state index contributed by atoms with van der Waals surface area (Å²) in [6.07, 6.45) is 7.29. The molecule has 0 bridgehead atoms. The Morgan fingerprint density at radius 3 is 2.70 bits per heavy atom. The molecular formula is C14H24N6. The van der Waals surface area contributed by atoms with Crippen LogP contribution in [0.5, 0.6) is 0 Å². The zero-order valence-corrected chi connectivity index (χ0v) is 12.3. The van der Waals surface area contributed by atoms with Crippen molar-refractivity contribution in [2.24, 2.45) is 10.7 Å². The molecule has 0 atom stereocenters. The van der Waals surface area contributed by atoms with E-state index in [4.69, 9.17) is 5.73 Å². The third kappa shape index (κ3) is 2.96. The van der Waals surface area contributed by atoms with Crippen LogP contribution >= 0.6 is 0 Å². The smallest absolute Gasteiger partial charge is 0.113 e. The van der Waals surface area contributed by atoms with Crippen molar-refractivity contribution in [3.8, 4) is 0 Å². The molecule has 1 saturated heterocycles. The van der Waals surface area contributed by atoms with E-state index in [0.29, 0.717) is 6.54 Å². The maximum absolute atomic E-state index is 6.05. The van der Waals surface area contributed by atoms with Crippen LogP contribution in [0.2, 0.25) is 0 Å². The summed E-state index contributed by atoms with van der Waals surface area (Å²) in [6.45, 7) is 3.34. The van der Waals surface area contributed by atoms with E-state index >= 15 is 0 Å². The fourth-order valence-electron chi connectivity index (χ4n) is 2.82. The highest BCUT2D eigenvalue weighted by Gasteiger charge is 2.37. The number of hydrogen-bond acceptors (Lipinski definition) is 5. The van der Waals surface area contributed by atoms with E-state index in [1.54, 1.807) is 12.4 Å². The van der Waals surface area contributed by atoms with E-state index in [1.165, 1.54) is 0 Å². The van der Waals surface area contributed by atoms with Gasteiger partial charge in [0, 0.05) is 50.7 Å². The second-order valence-electron chi connectivity index (χ2n) is 5.23. The fourth-order valence-corrected chi connectivity index (χ4v) is 2.82. The number of piperidine rings is 1. The summed E-state index contributed by atoms with van der Waals surface area (Å²) in [5.41, 5.74) is 7.03. The number of aliphatic imine (C=N–C) groups is 1. The number of rotatable bonds is 4. The molecule has 1 aliphatic heterocycles. The molecule has 6 nitrogen and oxygen atoms in total. The van der Waals surface area contributed by atoms with Gasteiger partial charge in [-0.2, -0.15) is 0 Å². The van der Waals surface area contributed by atoms with Crippen LogP contribution in [0.15, 0.2) is 23.6 Å². The average molecular weight is 276 g/mol. The summed E-state index contributed by atoms with van der Waals surface area (Å²) >= 11 is 0. The van der Waals surface area contributed by atoms with Gasteiger partial charge < -0.3 is 16.0 Å². The third-order valence-corrected chi connectivity index (χ3v) is 4.18. The second-order valence-corrected chi connectivity index (χ2v) is 5.23. The Morgan fingerprint density at radius 1 is 1.45 bits per heavy atom. The van der Waals surface area contributed by atoms with Gasteiger partial charge in [-0.05, 0) is 19.9 Å². The van der Waals surface area contributed by atoms with E-state index in [0.717, 1.165) is 44.0 Å². The van der Waals surface area contributed by atoms with E-state index < -0.39 is 0 Å². The van der Waals surface area contributed by atoms with Crippen molar-refractivity contribution in [2.45, 2.75) is 18.3 Å². The topological polar surface area (TPSA) is 79.4 Å². The Morgan fingerprint density at radius 2 is 2.20 bits per heavy atom. The molecule has 3 N–H and O–H groups in total. The molecule has 0 saturated carbocycles. The first-order valence-corrected chi connectivity index (χ1v) is 7.07. The number of hydrogen-bond donors (Lipinski definition) is 2. The monoisotopic (exact) mass is 276 g/mol. The largest absolute Gasteiger partial charge is 0.359 e. The molecule has 1 aromatic rings. The number of nitrogens with zero attached hydrogens (tertiary/aromatic N) is 4. The van der Waals surface area contributed by atoms with Crippen molar-refractivity contribution in [2.75, 3.05) is 40.3 Å². The molecule has 2 rings (SSSR count). The lowest BCUT2D eigenvalue weighted by molar-refractivity contribution is 0.223. The average Bonchev–Trinajstić information content (AvgIpc) is 2.53. The lowest BCUT2D eigenvalue weighted by atomic mass is 9.75. The number of likely N-dealkylation sites (N-methyl/N-ethyl adjacent to an activating group) is 1. The summed E-state index contributed by atoms with van der Waals surface area (Å²) in [5.74, 6) is 1.11. The number of likely N-dealkylation sites (tertiary alicyclic amines) is 1. The molecule has 0 aromatic carbocycles. The normalized spacial score (nSPS) is 19.1. The van der Waals surface area contributed by atoms with Crippen molar-refractivity contribution in [3.05, 3.63) is 24.3 Å². The van der Waals surface area contributed by atoms with Gasteiger partial charge in [-0.3, -0.25) is 15.0 Å². The highest BCUT2D eigenvalue weighted by atomic mass is 15.2. The first-order valence-electron chi connectivity index (χ1n) is 7.07. The van der Waals surface area contributed by atoms with E-state index in [2.05, 4.69) is 25.2 Å². The molecule has 1 aliphatic rings. The number of nitrogens with two attached hydrogens (primary N) is 1. The predicted molar refractivity (Wildman–Crippen MR) is 80.9 cm³/mol. The van der Waals surface area contributed by atoms with Crippen molar-refractivity contribution < 1.29 is 0 Å². The predicted octanol–water partition coefficient (Wildman–Crippen LogP) is 0.0166. The number of amidine groups is 1. The van der Waals surface area contributed by atoms with E-state index in [1.807, 2.05) is 20.3 Å². The van der Waals surface area contributed by atoms with Crippen molar-refractivity contribution >= 4 is 5.84 Å². The zero-order valence-electron chi connectivity index (χ0n) is 12.3. The summed E-state index contributed by atoms with van der Waals surface area (Å²) in [4.78, 5) is 15.4. The highest BCUT2D eigenvalue weighted by Crippen LogP contribution is 2.33. The Bertz CT molecular complexity index is 436. The lowest BCUT2D eigenvalue weighted by Crippen LogP contribution is -2.50. The molecule has 0 amide bonds. The third-order valence-electron chi connectivity index (χ3n) is 4.18. The number of nitrogens with one attached hydrogen (secondary N) is 1. The Balaban J connectivity index is 2.09. The molecule has 0 aliphatic carbocycles. The maximum atomic E-state index is 6.05. The Kier molecular flexibility index (Phi) is 5.03. The van der Waals surface area contributed by atoms with Crippen molar-refractivity contribution in [3.63, 3.8) is 0 Å². The first kappa shape index (κ1) is 14.9. The van der Waals surface area contributed by atoms with Crippen LogP contribution in [-0.4, -0.2) is 61.0 Å². The second kappa shape index (κ2) is 6.76. The summed E-state index contributed by atoms with van der Waals surface area (Å²) in [7, 11) is 3.79. The number of aromatic nitrogens is 2. The van der Waals surface area contributed by atoms with Gasteiger partial charge in [0.2, 0.25) is 0 Å². The molecule has 6 heteroatoms. The molecule has 0 spiro atoms. The molecule has 20 heavy (non-hydrogen) atoms. The molecule has 0 unspecified atom stereocenters. The van der Waals surface area contributed by atoms with Crippen LogP contribution in [0.4, 0.5) is 0 Å². The first-order chi connectivity index (χ1) is 9.75. The van der Waals surface area contributed by atoms with Gasteiger partial charge in [-0.25, -0.2) is 0 Å². The van der Waals surface area contributed by atoms with Crippen molar-refractivity contribution in [1.29, 1.82) is 0 Å². The summed E-state index contributed by atoms with van der Waals surface area (Å²) < 4.78 is 0. The van der Waals surface area contributed by atoms with Crippen LogP contribution in [0, 0.1) is 0 Å². The van der Waals surface area contributed by atoms with Crippen LogP contribution in [0.25, 0.3) is 0 Å². The van der Waals surface area contributed by atoms with Gasteiger partial charge in [0.05, 0.1) is 12.2 Å². The minimum Gasteiger partial charge on any atom is -0.359 e. The quantitative estimate of drug-likeness (QED) is 0.598. The van der Waals surface area contributed by atoms with Gasteiger partial charge in [-0.15, -0.1) is 0 Å². The zero-order chi connectivity index (χ0) is 14.4. The molecule has 1 fully saturated rings. The minimum atomic E-state index is -0.0384. The SMILES string of the molecule is CN=C(CNC)N1CCC(CN)(c2cnccn2)CC1. The molecule has 0 radical (unpaired) electrons. The fraction of sp³-hybridized carbons (Fsp3) is 0.643. The standard InChI is InChI=1S/C14H24N6/c1-16-10-13(17-2)20-7-3-14(11-15,4-8-20)12-9-18-5-6-19-12/h5-6,9,16H,3-4,7-8,10-11,15H2,1-2H3. The van der Waals surface area contributed by atoms with Gasteiger partial charge in [0.25, 0.3) is 0 Å². The van der Waals surface area contributed by atoms with Gasteiger partial charge >= 0.3 is 0 Å². The molecule has 1 aromatic heterocycles. The molecule has 2 heterocycles. The van der Waals surface area contributed by atoms with E-state index in [-0.39, 0.29) is 5.41 Å². The van der Waals surface area contributed by atoms with Gasteiger partial charge in [-0.1, -0.05) is 0 Å². The molecule has 110 valence electrons. The van der Waals surface area contributed by atoms with Crippen LogP contribution < -0.4 is 11.1 Å². The lowest BCUT2D eigenvalue weighted by Gasteiger charge is -2.41. The van der Waals surface area contributed by atoms with Crippen LogP contribution in [0.3, 0.4) is 0 Å². The van der Waals surface area contributed by atoms with Crippen LogP contribution in [0.1, 0.15) is 18.5 Å².